The number of nitrogens with zero attached hydrogens (tertiary/aromatic N) is 3. The molecule has 2 aromatic rings. The second-order valence-electron chi connectivity index (χ2n) is 18.2. The van der Waals surface area contributed by atoms with Crippen LogP contribution < -0.4 is 0 Å². The Bertz CT molecular complexity index is 1740. The van der Waals surface area contributed by atoms with E-state index in [4.69, 9.17) is 9.47 Å². The van der Waals surface area contributed by atoms with Crippen LogP contribution in [0.5, 0.6) is 0 Å². The van der Waals surface area contributed by atoms with E-state index >= 15 is 0 Å². The summed E-state index contributed by atoms with van der Waals surface area (Å²) in [6.45, 7) is 11.0. The number of carbonyl (C=O) groups is 2. The smallest absolute Gasteiger partial charge is 0.256 e. The number of aliphatic hydroxyl groups is 1. The van der Waals surface area contributed by atoms with E-state index in [-0.39, 0.29) is 29.9 Å². The molecule has 2 aliphatic heterocycles. The molecule has 8 rings (SSSR count). The van der Waals surface area contributed by atoms with E-state index in [1.165, 1.54) is 51.0 Å². The lowest BCUT2D eigenvalue weighted by atomic mass is 9.45. The van der Waals surface area contributed by atoms with Crippen molar-refractivity contribution < 1.29 is 28.6 Å². The van der Waals surface area contributed by atoms with Crippen LogP contribution >= 0.6 is 0 Å². The van der Waals surface area contributed by atoms with Gasteiger partial charge in [-0.25, -0.2) is 4.39 Å². The standard InChI is InChI=1S/C46H62FN3O5/c1-45-17-15-33(51)29-32(45)10-11-36-38-12-14-43(46(38,2)18-16-39(36)45)55-26-6-25-54-24-5-19-49-20-22-50(23-21-49)44(53)37-27-31(9-13-40(37)47)28-41-34-7-3-4-8-35(34)42(52)30-48-41/h3-4,7-9,13,27,32-33,36,38-39,43,51H,5-6,10-12,14-26,28-30H2,1-2H3/t32-,33?,36-,38-,39-,43-,45-,46-/m0/s1. The zero-order chi connectivity index (χ0) is 38.2. The van der Waals surface area contributed by atoms with Crippen molar-refractivity contribution in [2.24, 2.45) is 39.5 Å². The number of benzene rings is 2. The maximum Gasteiger partial charge on any atom is 0.256 e. The first-order valence-corrected chi connectivity index (χ1v) is 21.5. The van der Waals surface area contributed by atoms with Crippen molar-refractivity contribution in [2.45, 2.75) is 103 Å². The molecule has 2 heterocycles. The molecule has 9 heteroatoms. The van der Waals surface area contributed by atoms with Gasteiger partial charge in [0.15, 0.2) is 5.78 Å². The predicted molar refractivity (Wildman–Crippen MR) is 212 cm³/mol. The summed E-state index contributed by atoms with van der Waals surface area (Å²) in [4.78, 5) is 34.4. The molecule has 0 bridgehead atoms. The Labute approximate surface area is 327 Å². The van der Waals surface area contributed by atoms with Crippen molar-refractivity contribution in [3.8, 4) is 0 Å². The third-order valence-electron chi connectivity index (χ3n) is 15.3. The summed E-state index contributed by atoms with van der Waals surface area (Å²) in [6, 6.07) is 12.2. The lowest BCUT2D eigenvalue weighted by molar-refractivity contribution is -0.141. The first-order chi connectivity index (χ1) is 26.6. The zero-order valence-corrected chi connectivity index (χ0v) is 33.2. The second kappa shape index (κ2) is 16.5. The third kappa shape index (κ3) is 7.84. The SMILES string of the molecule is C[C@]12CCC(O)C[C@@H]1CC[C@@H]1[C@@H]2CC[C@]2(C)[C@@H](OCCCOCCCN3CCN(C(=O)c4cc(CC5=NCC(=O)c6ccccc65)ccc4F)CC3)CC[C@@H]12. The van der Waals surface area contributed by atoms with Crippen LogP contribution in [0.4, 0.5) is 4.39 Å². The molecule has 1 unspecified atom stereocenters. The number of rotatable bonds is 12. The maximum absolute atomic E-state index is 15.0. The molecule has 8 atom stereocenters. The van der Waals surface area contributed by atoms with Gasteiger partial charge in [0.2, 0.25) is 0 Å². The number of hydrogen-bond donors (Lipinski definition) is 1. The van der Waals surface area contributed by atoms with E-state index in [9.17, 15) is 19.1 Å². The second-order valence-corrected chi connectivity index (χ2v) is 18.2. The lowest BCUT2D eigenvalue weighted by Crippen LogP contribution is -2.54. The number of halogens is 1. The summed E-state index contributed by atoms with van der Waals surface area (Å²) in [6.07, 6.45) is 13.6. The van der Waals surface area contributed by atoms with Gasteiger partial charge in [0.05, 0.1) is 17.8 Å². The normalized spacial score (nSPS) is 33.3. The number of fused-ring (bicyclic) bond motifs is 6. The Morgan fingerprint density at radius 2 is 1.65 bits per heavy atom. The number of ether oxygens (including phenoxy) is 2. The van der Waals surface area contributed by atoms with Crippen LogP contribution in [0.15, 0.2) is 47.5 Å². The number of carbonyl (C=O) groups excluding carboxylic acids is 2. The van der Waals surface area contributed by atoms with E-state index in [0.717, 1.165) is 86.5 Å². The Morgan fingerprint density at radius 1 is 0.891 bits per heavy atom. The van der Waals surface area contributed by atoms with Crippen molar-refractivity contribution in [2.75, 3.05) is 59.1 Å². The Hall–Kier alpha value is -2.98. The fraction of sp³-hybridized carbons (Fsp3) is 0.674. The molecule has 0 spiro atoms. The topological polar surface area (TPSA) is 91.7 Å². The molecular formula is C46H62FN3O5. The van der Waals surface area contributed by atoms with E-state index in [0.29, 0.717) is 61.1 Å². The van der Waals surface area contributed by atoms with E-state index in [2.05, 4.69) is 23.7 Å². The average Bonchev–Trinajstić information content (AvgIpc) is 3.54. The van der Waals surface area contributed by atoms with Crippen LogP contribution in [-0.4, -0.2) is 104 Å². The number of amides is 1. The zero-order valence-electron chi connectivity index (χ0n) is 33.2. The molecule has 55 heavy (non-hydrogen) atoms. The van der Waals surface area contributed by atoms with Crippen LogP contribution in [0.1, 0.15) is 116 Å². The summed E-state index contributed by atoms with van der Waals surface area (Å²) in [7, 11) is 0. The van der Waals surface area contributed by atoms with Crippen LogP contribution in [0, 0.1) is 40.3 Å². The minimum absolute atomic E-state index is 0.0000790. The van der Waals surface area contributed by atoms with Crippen LogP contribution in [0.2, 0.25) is 0 Å². The molecule has 8 nitrogen and oxygen atoms in total. The fourth-order valence-electron chi connectivity index (χ4n) is 12.2. The molecule has 6 aliphatic rings. The molecule has 1 N–H and O–H groups in total. The first-order valence-electron chi connectivity index (χ1n) is 21.5. The quantitative estimate of drug-likeness (QED) is 0.227. The number of Topliss-reactive ketones (excluding diaryl/α,β-unsaturated/α-hetero) is 1. The van der Waals surface area contributed by atoms with Crippen molar-refractivity contribution in [3.05, 3.63) is 70.5 Å². The fourth-order valence-corrected chi connectivity index (χ4v) is 12.2. The van der Waals surface area contributed by atoms with Crippen molar-refractivity contribution >= 4 is 17.4 Å². The molecular weight excluding hydrogens is 694 g/mol. The molecule has 4 saturated carbocycles. The number of aliphatic hydroxyl groups excluding tert-OH is 1. The molecule has 4 aliphatic carbocycles. The Balaban J connectivity index is 0.719. The summed E-state index contributed by atoms with van der Waals surface area (Å²) in [5.74, 6) is 2.36. The monoisotopic (exact) mass is 755 g/mol. The molecule has 298 valence electrons. The van der Waals surface area contributed by atoms with Gasteiger partial charge in [-0.1, -0.05) is 44.2 Å². The predicted octanol–water partition coefficient (Wildman–Crippen LogP) is 7.40. The Morgan fingerprint density at radius 3 is 2.49 bits per heavy atom. The van der Waals surface area contributed by atoms with Crippen LogP contribution in [-0.2, 0) is 15.9 Å². The van der Waals surface area contributed by atoms with E-state index in [1.807, 2.05) is 24.3 Å². The van der Waals surface area contributed by atoms with Crippen molar-refractivity contribution in [3.63, 3.8) is 0 Å². The minimum Gasteiger partial charge on any atom is -0.393 e. The van der Waals surface area contributed by atoms with Gasteiger partial charge in [0.25, 0.3) is 5.91 Å². The highest BCUT2D eigenvalue weighted by Crippen LogP contribution is 2.66. The summed E-state index contributed by atoms with van der Waals surface area (Å²) in [5.41, 5.74) is 3.88. The van der Waals surface area contributed by atoms with Gasteiger partial charge in [0.1, 0.15) is 12.4 Å². The largest absolute Gasteiger partial charge is 0.393 e. The average molecular weight is 756 g/mol. The molecule has 2 aromatic carbocycles. The van der Waals surface area contributed by atoms with Gasteiger partial charge in [-0.15, -0.1) is 0 Å². The minimum atomic E-state index is -0.512. The number of piperazine rings is 1. The number of ketones is 1. The van der Waals surface area contributed by atoms with Crippen LogP contribution in [0.3, 0.4) is 0 Å². The van der Waals surface area contributed by atoms with Gasteiger partial charge >= 0.3 is 0 Å². The van der Waals surface area contributed by atoms with E-state index < -0.39 is 5.82 Å². The molecule has 1 saturated heterocycles. The summed E-state index contributed by atoms with van der Waals surface area (Å²) in [5, 5.41) is 10.4. The van der Waals surface area contributed by atoms with Crippen molar-refractivity contribution in [1.82, 2.24) is 9.80 Å². The Kier molecular flexibility index (Phi) is 11.6. The molecule has 1 amide bonds. The highest BCUT2D eigenvalue weighted by atomic mass is 19.1. The van der Waals surface area contributed by atoms with Crippen molar-refractivity contribution in [1.29, 1.82) is 0 Å². The first kappa shape index (κ1) is 38.9. The van der Waals surface area contributed by atoms with Gasteiger partial charge in [-0.3, -0.25) is 19.5 Å². The lowest BCUT2D eigenvalue weighted by Gasteiger charge is -2.60. The van der Waals surface area contributed by atoms with Gasteiger partial charge in [0, 0.05) is 75.8 Å². The summed E-state index contributed by atoms with van der Waals surface area (Å²) < 4.78 is 27.6. The molecule has 0 radical (unpaired) electrons. The van der Waals surface area contributed by atoms with Gasteiger partial charge in [-0.2, -0.15) is 0 Å². The van der Waals surface area contributed by atoms with Crippen LogP contribution in [0.25, 0.3) is 0 Å². The number of hydrogen-bond acceptors (Lipinski definition) is 7. The maximum atomic E-state index is 15.0. The third-order valence-corrected chi connectivity index (χ3v) is 15.3. The summed E-state index contributed by atoms with van der Waals surface area (Å²) >= 11 is 0. The van der Waals surface area contributed by atoms with E-state index in [1.54, 1.807) is 17.0 Å². The molecule has 0 aromatic heterocycles. The highest BCUT2D eigenvalue weighted by molar-refractivity contribution is 6.15. The van der Waals surface area contributed by atoms with Gasteiger partial charge < -0.3 is 19.5 Å². The number of aliphatic imine (C=N–C) groups is 1. The highest BCUT2D eigenvalue weighted by Gasteiger charge is 2.60. The molecule has 5 fully saturated rings. The van der Waals surface area contributed by atoms with Gasteiger partial charge in [-0.05, 0) is 123 Å².